The fourth-order valence-electron chi connectivity index (χ4n) is 3.47. The molecule has 9 nitrogen and oxygen atoms in total. The number of anilines is 1. The van der Waals surface area contributed by atoms with Gasteiger partial charge in [0.25, 0.3) is 0 Å². The van der Waals surface area contributed by atoms with E-state index in [2.05, 4.69) is 5.32 Å². The Kier molecular flexibility index (Phi) is 9.27. The van der Waals surface area contributed by atoms with Crippen molar-refractivity contribution in [1.82, 2.24) is 14.1 Å². The van der Waals surface area contributed by atoms with E-state index < -0.39 is 10.0 Å². The molecule has 0 radical (unpaired) electrons. The third-order valence-electron chi connectivity index (χ3n) is 5.14. The highest BCUT2D eigenvalue weighted by molar-refractivity contribution is 7.89. The quantitative estimate of drug-likeness (QED) is 0.577. The van der Waals surface area contributed by atoms with E-state index in [-0.39, 0.29) is 35.5 Å². The molecule has 2 amide bonds. The summed E-state index contributed by atoms with van der Waals surface area (Å²) in [5, 5.41) is 2.76. The maximum atomic E-state index is 13.1. The van der Waals surface area contributed by atoms with E-state index in [1.54, 1.807) is 31.1 Å². The highest BCUT2D eigenvalue weighted by Gasteiger charge is 2.29. The fraction of sp³-hybridized carbons (Fsp3) is 0.619. The summed E-state index contributed by atoms with van der Waals surface area (Å²) in [4.78, 5) is 27.9. The molecule has 1 aromatic carbocycles. The number of nitrogens with zero attached hydrogens (tertiary/aromatic N) is 3. The van der Waals surface area contributed by atoms with Crippen LogP contribution in [0.25, 0.3) is 0 Å². The molecule has 0 aromatic heterocycles. The van der Waals surface area contributed by atoms with Crippen molar-refractivity contribution in [3.8, 4) is 5.75 Å². The van der Waals surface area contributed by atoms with Crippen LogP contribution in [0.15, 0.2) is 23.1 Å². The first-order chi connectivity index (χ1) is 14.7. The van der Waals surface area contributed by atoms with Crippen LogP contribution in [0.4, 0.5) is 5.69 Å². The average Bonchev–Trinajstić information content (AvgIpc) is 2.74. The highest BCUT2D eigenvalue weighted by atomic mass is 32.2. The first-order valence-corrected chi connectivity index (χ1v) is 12.0. The van der Waals surface area contributed by atoms with Gasteiger partial charge in [0.15, 0.2) is 0 Å². The lowest BCUT2D eigenvalue weighted by Crippen LogP contribution is -2.41. The number of rotatable bonds is 10. The lowest BCUT2D eigenvalue weighted by atomic mass is 10.2. The summed E-state index contributed by atoms with van der Waals surface area (Å²) in [6, 6.07) is 4.60. The zero-order chi connectivity index (χ0) is 23.0. The van der Waals surface area contributed by atoms with Gasteiger partial charge in [0.05, 0.1) is 20.2 Å². The van der Waals surface area contributed by atoms with Crippen LogP contribution in [0, 0.1) is 0 Å². The van der Waals surface area contributed by atoms with Gasteiger partial charge in [-0.2, -0.15) is 4.31 Å². The van der Waals surface area contributed by atoms with Crippen LogP contribution in [0.1, 0.15) is 32.6 Å². The number of amides is 2. The van der Waals surface area contributed by atoms with E-state index in [0.29, 0.717) is 25.3 Å². The van der Waals surface area contributed by atoms with Gasteiger partial charge in [-0.05, 0) is 44.0 Å². The van der Waals surface area contributed by atoms with Crippen LogP contribution in [-0.2, 0) is 19.6 Å². The number of sulfonamides is 1. The Hall–Kier alpha value is -2.17. The molecule has 0 spiro atoms. The maximum absolute atomic E-state index is 13.1. The minimum absolute atomic E-state index is 0.0354. The van der Waals surface area contributed by atoms with E-state index in [1.807, 2.05) is 6.92 Å². The number of benzene rings is 1. The molecule has 1 aliphatic rings. The van der Waals surface area contributed by atoms with Gasteiger partial charge in [0.2, 0.25) is 21.8 Å². The van der Waals surface area contributed by atoms with Crippen LogP contribution in [-0.4, -0.2) is 88.3 Å². The van der Waals surface area contributed by atoms with E-state index in [9.17, 15) is 18.0 Å². The second-order valence-corrected chi connectivity index (χ2v) is 9.78. The highest BCUT2D eigenvalue weighted by Crippen LogP contribution is 2.31. The second kappa shape index (κ2) is 11.4. The van der Waals surface area contributed by atoms with Crippen molar-refractivity contribution in [2.45, 2.75) is 37.5 Å². The number of carbonyl (C=O) groups is 2. The summed E-state index contributed by atoms with van der Waals surface area (Å²) < 4.78 is 33.0. The normalized spacial score (nSPS) is 15.0. The molecule has 1 saturated heterocycles. The number of methoxy groups -OCH3 is 1. The summed E-state index contributed by atoms with van der Waals surface area (Å²) in [5.41, 5.74) is 0.372. The average molecular weight is 455 g/mol. The van der Waals surface area contributed by atoms with Gasteiger partial charge in [-0.1, -0.05) is 13.3 Å². The van der Waals surface area contributed by atoms with Crippen molar-refractivity contribution in [1.29, 1.82) is 0 Å². The van der Waals surface area contributed by atoms with Crippen LogP contribution < -0.4 is 10.1 Å². The summed E-state index contributed by atoms with van der Waals surface area (Å²) >= 11 is 0. The molecule has 0 saturated carbocycles. The van der Waals surface area contributed by atoms with Gasteiger partial charge in [0, 0.05) is 32.9 Å². The van der Waals surface area contributed by atoms with E-state index in [1.165, 1.54) is 22.4 Å². The zero-order valence-corrected chi connectivity index (χ0v) is 19.7. The third-order valence-corrected chi connectivity index (χ3v) is 7.06. The van der Waals surface area contributed by atoms with Crippen molar-refractivity contribution in [3.05, 3.63) is 18.2 Å². The third kappa shape index (κ3) is 6.91. The molecule has 1 N–H and O–H groups in total. The van der Waals surface area contributed by atoms with Gasteiger partial charge in [0.1, 0.15) is 10.6 Å². The van der Waals surface area contributed by atoms with Crippen LogP contribution in [0.3, 0.4) is 0 Å². The maximum Gasteiger partial charge on any atom is 0.246 e. The van der Waals surface area contributed by atoms with E-state index in [0.717, 1.165) is 25.7 Å². The van der Waals surface area contributed by atoms with Gasteiger partial charge in [-0.3, -0.25) is 14.5 Å². The molecule has 1 aromatic rings. The van der Waals surface area contributed by atoms with E-state index >= 15 is 0 Å². The molecule has 0 bridgehead atoms. The molecular formula is C21H34N4O5S. The molecule has 2 rings (SSSR count). The van der Waals surface area contributed by atoms with E-state index in [4.69, 9.17) is 4.74 Å². The largest absolute Gasteiger partial charge is 0.495 e. The number of piperidine rings is 1. The van der Waals surface area contributed by atoms with Gasteiger partial charge >= 0.3 is 0 Å². The minimum atomic E-state index is -3.72. The number of carbonyl (C=O) groups excluding carboxylic acids is 2. The molecule has 174 valence electrons. The topological polar surface area (TPSA) is 99.3 Å². The molecule has 1 heterocycles. The lowest BCUT2D eigenvalue weighted by molar-refractivity contribution is -0.130. The number of nitrogens with one attached hydrogen (secondary N) is 1. The van der Waals surface area contributed by atoms with Crippen molar-refractivity contribution in [3.63, 3.8) is 0 Å². The summed E-state index contributed by atoms with van der Waals surface area (Å²) in [5.74, 6) is -0.153. The monoisotopic (exact) mass is 454 g/mol. The molecule has 0 aliphatic carbocycles. The van der Waals surface area contributed by atoms with Crippen LogP contribution >= 0.6 is 0 Å². The Morgan fingerprint density at radius 3 is 2.39 bits per heavy atom. The van der Waals surface area contributed by atoms with Crippen molar-refractivity contribution >= 4 is 27.5 Å². The summed E-state index contributed by atoms with van der Waals surface area (Å²) in [6.07, 6.45) is 3.48. The van der Waals surface area contributed by atoms with Crippen molar-refractivity contribution in [2.24, 2.45) is 0 Å². The van der Waals surface area contributed by atoms with Gasteiger partial charge in [-0.15, -0.1) is 0 Å². The standard InChI is InChI=1S/C21H34N4O5S/c1-5-11-24(16-21(27)23(2)3)15-20(26)22-17-9-10-18(30-4)19(14-17)31(28,29)25-12-7-6-8-13-25/h9-10,14H,5-8,11-13,15-16H2,1-4H3,(H,22,26). The Bertz CT molecular complexity index is 867. The molecular weight excluding hydrogens is 420 g/mol. The molecule has 0 unspecified atom stereocenters. The molecule has 1 aliphatic heterocycles. The zero-order valence-electron chi connectivity index (χ0n) is 18.9. The lowest BCUT2D eigenvalue weighted by Gasteiger charge is -2.27. The molecule has 31 heavy (non-hydrogen) atoms. The Morgan fingerprint density at radius 2 is 1.81 bits per heavy atom. The smallest absolute Gasteiger partial charge is 0.246 e. The van der Waals surface area contributed by atoms with Crippen LogP contribution in [0.5, 0.6) is 5.75 Å². The number of likely N-dealkylation sites (N-methyl/N-ethyl adjacent to an activating group) is 1. The number of ether oxygens (including phenoxy) is 1. The fourth-order valence-corrected chi connectivity index (χ4v) is 5.17. The molecule has 1 fully saturated rings. The van der Waals surface area contributed by atoms with Crippen LogP contribution in [0.2, 0.25) is 0 Å². The van der Waals surface area contributed by atoms with Crippen molar-refractivity contribution < 1.29 is 22.7 Å². The Labute approximate surface area is 185 Å². The SMILES string of the molecule is CCCN(CC(=O)Nc1ccc(OC)c(S(=O)(=O)N2CCCCC2)c1)CC(=O)N(C)C. The second-order valence-electron chi connectivity index (χ2n) is 7.88. The minimum Gasteiger partial charge on any atom is -0.495 e. The van der Waals surface area contributed by atoms with Gasteiger partial charge < -0.3 is 15.0 Å². The number of hydrogen-bond donors (Lipinski definition) is 1. The predicted molar refractivity (Wildman–Crippen MR) is 120 cm³/mol. The van der Waals surface area contributed by atoms with Gasteiger partial charge in [-0.25, -0.2) is 8.42 Å². The molecule has 10 heteroatoms. The summed E-state index contributed by atoms with van der Waals surface area (Å²) in [7, 11) is 1.05. The Morgan fingerprint density at radius 1 is 1.13 bits per heavy atom. The summed E-state index contributed by atoms with van der Waals surface area (Å²) in [6.45, 7) is 3.72. The Balaban J connectivity index is 2.16. The van der Waals surface area contributed by atoms with Crippen molar-refractivity contribution in [2.75, 3.05) is 59.2 Å². The predicted octanol–water partition coefficient (Wildman–Crippen LogP) is 1.61. The first-order valence-electron chi connectivity index (χ1n) is 10.6. The first kappa shape index (κ1) is 25.1. The number of hydrogen-bond acceptors (Lipinski definition) is 6. The molecule has 0 atom stereocenters.